The van der Waals surface area contributed by atoms with E-state index in [0.717, 1.165) is 11.4 Å². The van der Waals surface area contributed by atoms with Crippen LogP contribution in [-0.4, -0.2) is 18.6 Å². The predicted molar refractivity (Wildman–Crippen MR) is 66.6 cm³/mol. The van der Waals surface area contributed by atoms with Gasteiger partial charge in [-0.25, -0.2) is 4.99 Å². The van der Waals surface area contributed by atoms with Crippen LogP contribution in [0.25, 0.3) is 0 Å². The summed E-state index contributed by atoms with van der Waals surface area (Å²) in [4.78, 5) is 4.34. The first-order chi connectivity index (χ1) is 7.61. The van der Waals surface area contributed by atoms with E-state index in [9.17, 15) is 0 Å². The lowest BCUT2D eigenvalue weighted by molar-refractivity contribution is 0.226. The van der Waals surface area contributed by atoms with Gasteiger partial charge in [0.15, 0.2) is 5.90 Å². The minimum absolute atomic E-state index is 0.159. The van der Waals surface area contributed by atoms with E-state index in [1.165, 1.54) is 0 Å². The summed E-state index contributed by atoms with van der Waals surface area (Å²) in [5, 5.41) is 0. The number of hydrogen-bond donors (Lipinski definition) is 0. The molecule has 1 aromatic rings. The van der Waals surface area contributed by atoms with Crippen molar-refractivity contribution in [2.75, 3.05) is 6.61 Å². The van der Waals surface area contributed by atoms with Gasteiger partial charge in [-0.05, 0) is 45.0 Å². The van der Waals surface area contributed by atoms with E-state index in [1.807, 2.05) is 52.0 Å². The summed E-state index contributed by atoms with van der Waals surface area (Å²) < 4.78 is 10.8. The van der Waals surface area contributed by atoms with Crippen molar-refractivity contribution in [2.45, 2.75) is 33.8 Å². The average Bonchev–Trinajstić information content (AvgIpc) is 2.20. The molecule has 3 nitrogen and oxygen atoms in total. The lowest BCUT2D eigenvalue weighted by Crippen LogP contribution is -2.07. The maximum absolute atomic E-state index is 5.45. The van der Waals surface area contributed by atoms with Crippen molar-refractivity contribution in [3.8, 4) is 5.75 Å². The van der Waals surface area contributed by atoms with E-state index in [-0.39, 0.29) is 6.10 Å². The van der Waals surface area contributed by atoms with E-state index in [1.54, 1.807) is 0 Å². The molecule has 0 saturated heterocycles. The van der Waals surface area contributed by atoms with Gasteiger partial charge in [0.25, 0.3) is 0 Å². The highest BCUT2D eigenvalue weighted by Crippen LogP contribution is 2.18. The van der Waals surface area contributed by atoms with Gasteiger partial charge in [0.1, 0.15) is 5.75 Å². The highest BCUT2D eigenvalue weighted by molar-refractivity contribution is 5.76. The maximum Gasteiger partial charge on any atom is 0.185 e. The first-order valence-electron chi connectivity index (χ1n) is 5.56. The van der Waals surface area contributed by atoms with Crippen molar-refractivity contribution in [1.29, 1.82) is 0 Å². The molecule has 0 unspecified atom stereocenters. The number of ether oxygens (including phenoxy) is 2. The molecule has 16 heavy (non-hydrogen) atoms. The van der Waals surface area contributed by atoms with Gasteiger partial charge in [-0.15, -0.1) is 0 Å². The van der Waals surface area contributed by atoms with Crippen molar-refractivity contribution in [2.24, 2.45) is 4.99 Å². The van der Waals surface area contributed by atoms with E-state index in [0.29, 0.717) is 12.5 Å². The molecule has 0 aliphatic heterocycles. The van der Waals surface area contributed by atoms with Crippen LogP contribution in [0.5, 0.6) is 5.75 Å². The van der Waals surface area contributed by atoms with E-state index < -0.39 is 0 Å². The molecule has 0 saturated carbocycles. The van der Waals surface area contributed by atoms with Gasteiger partial charge in [-0.3, -0.25) is 0 Å². The molecule has 1 aromatic carbocycles. The number of aliphatic imine (C=N–C) groups is 1. The molecule has 0 N–H and O–H groups in total. The lowest BCUT2D eigenvalue weighted by Gasteiger charge is -2.08. The minimum Gasteiger partial charge on any atom is -0.494 e. The third kappa shape index (κ3) is 4.34. The molecule has 0 aliphatic rings. The van der Waals surface area contributed by atoms with Gasteiger partial charge in [0.05, 0.1) is 18.4 Å². The molecule has 0 atom stereocenters. The summed E-state index contributed by atoms with van der Waals surface area (Å²) in [6.45, 7) is 8.47. The van der Waals surface area contributed by atoms with Crippen molar-refractivity contribution < 1.29 is 9.47 Å². The van der Waals surface area contributed by atoms with Crippen molar-refractivity contribution in [3.63, 3.8) is 0 Å². The van der Waals surface area contributed by atoms with Gasteiger partial charge in [0, 0.05) is 6.92 Å². The Bertz CT molecular complexity index is 341. The van der Waals surface area contributed by atoms with Gasteiger partial charge in [-0.1, -0.05) is 0 Å². The number of nitrogens with zero attached hydrogens (tertiary/aromatic N) is 1. The van der Waals surface area contributed by atoms with Crippen molar-refractivity contribution in [1.82, 2.24) is 0 Å². The van der Waals surface area contributed by atoms with Crippen LogP contribution in [0.1, 0.15) is 27.7 Å². The molecule has 3 heteroatoms. The molecule has 0 heterocycles. The summed E-state index contributed by atoms with van der Waals surface area (Å²) >= 11 is 0. The van der Waals surface area contributed by atoms with Gasteiger partial charge >= 0.3 is 0 Å². The Morgan fingerprint density at radius 1 is 1.25 bits per heavy atom. The van der Waals surface area contributed by atoms with Crippen LogP contribution in [0.15, 0.2) is 29.3 Å². The van der Waals surface area contributed by atoms with Crippen LogP contribution in [-0.2, 0) is 4.74 Å². The predicted octanol–water partition coefficient (Wildman–Crippen LogP) is 3.56. The Hall–Kier alpha value is -1.51. The summed E-state index contributed by atoms with van der Waals surface area (Å²) in [5.41, 5.74) is 0.876. The Labute approximate surface area is 97.1 Å². The molecule has 0 radical (unpaired) electrons. The summed E-state index contributed by atoms with van der Waals surface area (Å²) in [7, 11) is 0. The second kappa shape index (κ2) is 6.16. The van der Waals surface area contributed by atoms with Crippen LogP contribution in [0, 0.1) is 0 Å². The monoisotopic (exact) mass is 221 g/mol. The highest BCUT2D eigenvalue weighted by atomic mass is 16.5. The van der Waals surface area contributed by atoms with Gasteiger partial charge in [0.2, 0.25) is 0 Å². The summed E-state index contributed by atoms with van der Waals surface area (Å²) in [6.07, 6.45) is 0.159. The lowest BCUT2D eigenvalue weighted by atomic mass is 10.3. The number of hydrogen-bond acceptors (Lipinski definition) is 3. The van der Waals surface area contributed by atoms with E-state index in [4.69, 9.17) is 9.47 Å². The van der Waals surface area contributed by atoms with Crippen LogP contribution in [0.4, 0.5) is 5.69 Å². The standard InChI is InChI=1S/C13H19NO2/c1-5-15-13-8-6-12(7-9-13)14-11(4)16-10(2)3/h6-10H,5H2,1-4H3/b14-11-. The molecule has 88 valence electrons. The molecular formula is C13H19NO2. The third-order valence-electron chi connectivity index (χ3n) is 1.84. The normalized spacial score (nSPS) is 11.7. The van der Waals surface area contributed by atoms with Crippen molar-refractivity contribution >= 4 is 11.6 Å². The van der Waals surface area contributed by atoms with Crippen LogP contribution in [0.3, 0.4) is 0 Å². The molecule has 0 fully saturated rings. The van der Waals surface area contributed by atoms with Gasteiger partial charge < -0.3 is 9.47 Å². The fraction of sp³-hybridized carbons (Fsp3) is 0.462. The van der Waals surface area contributed by atoms with Crippen LogP contribution >= 0.6 is 0 Å². The number of benzene rings is 1. The zero-order valence-electron chi connectivity index (χ0n) is 10.4. The Kier molecular flexibility index (Phi) is 4.83. The van der Waals surface area contributed by atoms with Crippen molar-refractivity contribution in [3.05, 3.63) is 24.3 Å². The topological polar surface area (TPSA) is 30.8 Å². The van der Waals surface area contributed by atoms with E-state index in [2.05, 4.69) is 4.99 Å². The Morgan fingerprint density at radius 3 is 2.38 bits per heavy atom. The SMILES string of the molecule is CCOc1ccc(/N=C(/C)OC(C)C)cc1. The number of rotatable bonds is 4. The molecule has 0 aromatic heterocycles. The van der Waals surface area contributed by atoms with Gasteiger partial charge in [-0.2, -0.15) is 0 Å². The summed E-state index contributed by atoms with van der Waals surface area (Å²) in [6, 6.07) is 7.65. The fourth-order valence-corrected chi connectivity index (χ4v) is 1.33. The Morgan fingerprint density at radius 2 is 1.88 bits per heavy atom. The fourth-order valence-electron chi connectivity index (χ4n) is 1.33. The smallest absolute Gasteiger partial charge is 0.185 e. The zero-order chi connectivity index (χ0) is 12.0. The molecular weight excluding hydrogens is 202 g/mol. The van der Waals surface area contributed by atoms with E-state index >= 15 is 0 Å². The molecule has 0 amide bonds. The second-order valence-electron chi connectivity index (χ2n) is 3.72. The second-order valence-corrected chi connectivity index (χ2v) is 3.72. The quantitative estimate of drug-likeness (QED) is 0.575. The average molecular weight is 221 g/mol. The first-order valence-corrected chi connectivity index (χ1v) is 5.56. The molecule has 0 aliphatic carbocycles. The highest BCUT2D eigenvalue weighted by Gasteiger charge is 1.98. The molecule has 1 rings (SSSR count). The van der Waals surface area contributed by atoms with Crippen LogP contribution in [0.2, 0.25) is 0 Å². The summed E-state index contributed by atoms with van der Waals surface area (Å²) in [5.74, 6) is 1.54. The maximum atomic E-state index is 5.45. The third-order valence-corrected chi connectivity index (χ3v) is 1.84. The van der Waals surface area contributed by atoms with Crippen LogP contribution < -0.4 is 4.74 Å². The molecule has 0 spiro atoms. The first kappa shape index (κ1) is 12.6. The Balaban J connectivity index is 2.67. The largest absolute Gasteiger partial charge is 0.494 e. The minimum atomic E-state index is 0.159. The zero-order valence-corrected chi connectivity index (χ0v) is 10.4. The molecule has 0 bridgehead atoms.